The lowest BCUT2D eigenvalue weighted by atomic mass is 10.1. The second kappa shape index (κ2) is 13.6. The maximum atomic E-state index is 8.03. The monoisotopic (exact) mass is 793 g/mol. The molecule has 6 aromatic carbocycles. The van der Waals surface area contributed by atoms with E-state index in [0.29, 0.717) is 34.8 Å². The van der Waals surface area contributed by atoms with Crippen LogP contribution in [0.25, 0.3) is 83.0 Å². The number of hydrogen-bond donors (Lipinski definition) is 0. The van der Waals surface area contributed by atoms with E-state index in [-0.39, 0.29) is 5.56 Å². The van der Waals surface area contributed by atoms with Gasteiger partial charge in [0.05, 0.1) is 33.1 Å². The van der Waals surface area contributed by atoms with E-state index in [2.05, 4.69) is 80.0 Å². The lowest BCUT2D eigenvalue weighted by Gasteiger charge is -2.11. The normalized spacial score (nSPS) is 12.7. The van der Waals surface area contributed by atoms with Crippen molar-refractivity contribution in [2.75, 3.05) is 0 Å². The average molecular weight is 794 g/mol. The minimum atomic E-state index is -2.28. The summed E-state index contributed by atoms with van der Waals surface area (Å²) in [5, 5.41) is 6.20. The molecule has 12 aromatic rings. The van der Waals surface area contributed by atoms with Crippen molar-refractivity contribution in [1.82, 2.24) is 38.6 Å². The number of pyridine rings is 2. The fraction of sp³-hybridized carbons (Fsp3) is 0.0392. The van der Waals surface area contributed by atoms with Gasteiger partial charge in [0.1, 0.15) is 47.3 Å². The van der Waals surface area contributed by atoms with Gasteiger partial charge in [-0.1, -0.05) is 36.4 Å². The summed E-state index contributed by atoms with van der Waals surface area (Å²) in [4.78, 5) is 22.6. The molecule has 61 heavy (non-hydrogen) atoms. The molecule has 10 heteroatoms. The maximum Gasteiger partial charge on any atom is 0.237 e. The second-order valence-corrected chi connectivity index (χ2v) is 15.0. The summed E-state index contributed by atoms with van der Waals surface area (Å²) in [6, 6.07) is 47.7. The molecular formula is C51H34N8O2. The zero-order valence-electron chi connectivity index (χ0n) is 35.6. The smallest absolute Gasteiger partial charge is 0.237 e. The van der Waals surface area contributed by atoms with E-state index in [0.717, 1.165) is 76.8 Å². The lowest BCUT2D eigenvalue weighted by Crippen LogP contribution is -2.01. The highest BCUT2D eigenvalue weighted by Crippen LogP contribution is 2.40. The zero-order chi connectivity index (χ0) is 43.1. The first-order valence-corrected chi connectivity index (χ1v) is 19.8. The lowest BCUT2D eigenvalue weighted by molar-refractivity contribution is 0.484. The molecule has 12 rings (SSSR count). The third kappa shape index (κ3) is 5.68. The van der Waals surface area contributed by atoms with Crippen LogP contribution in [0.15, 0.2) is 171 Å². The van der Waals surface area contributed by atoms with Crippen LogP contribution in [0.1, 0.15) is 15.2 Å². The molecule has 0 unspecified atom stereocenters. The van der Waals surface area contributed by atoms with Crippen molar-refractivity contribution in [1.29, 1.82) is 0 Å². The minimum Gasteiger partial charge on any atom is -0.457 e. The Morgan fingerprint density at radius 1 is 0.410 bits per heavy atom. The van der Waals surface area contributed by atoms with Gasteiger partial charge in [-0.25, -0.2) is 24.9 Å². The first kappa shape index (κ1) is 31.6. The van der Waals surface area contributed by atoms with Crippen molar-refractivity contribution in [2.45, 2.75) is 13.8 Å². The van der Waals surface area contributed by atoms with Crippen molar-refractivity contribution in [2.24, 2.45) is 0 Å². The Bertz CT molecular complexity index is 3820. The van der Waals surface area contributed by atoms with E-state index in [9.17, 15) is 0 Å². The predicted molar refractivity (Wildman–Crippen MR) is 241 cm³/mol. The van der Waals surface area contributed by atoms with Crippen LogP contribution >= 0.6 is 0 Å². The highest BCUT2D eigenvalue weighted by molar-refractivity contribution is 6.11. The number of aryl methyl sites for hydroxylation is 2. The molecule has 0 saturated carbocycles. The molecule has 6 heterocycles. The fourth-order valence-electron chi connectivity index (χ4n) is 8.65. The molecule has 0 atom stereocenters. The van der Waals surface area contributed by atoms with Crippen molar-refractivity contribution in [3.8, 4) is 40.6 Å². The van der Waals surface area contributed by atoms with Gasteiger partial charge in [0.2, 0.25) is 5.95 Å². The number of aromatic nitrogens is 8. The summed E-state index contributed by atoms with van der Waals surface area (Å²) < 4.78 is 43.5. The number of fused-ring (bicyclic) bond motifs is 9. The fourth-order valence-corrected chi connectivity index (χ4v) is 8.65. The molecule has 0 aliphatic heterocycles. The number of hydrogen-bond acceptors (Lipinski definition) is 7. The molecule has 0 fully saturated rings. The van der Waals surface area contributed by atoms with Crippen molar-refractivity contribution < 1.29 is 13.6 Å². The molecular weight excluding hydrogens is 757 g/mol. The van der Waals surface area contributed by atoms with Gasteiger partial charge >= 0.3 is 0 Å². The van der Waals surface area contributed by atoms with Crippen LogP contribution in [0.2, 0.25) is 0 Å². The van der Waals surface area contributed by atoms with Crippen molar-refractivity contribution in [3.05, 3.63) is 182 Å². The maximum absolute atomic E-state index is 8.03. The van der Waals surface area contributed by atoms with E-state index in [4.69, 9.17) is 18.6 Å². The van der Waals surface area contributed by atoms with Crippen molar-refractivity contribution >= 4 is 65.4 Å². The van der Waals surface area contributed by atoms with Crippen LogP contribution in [-0.4, -0.2) is 38.6 Å². The number of nitrogens with zero attached hydrogens (tertiary/aromatic N) is 8. The standard InChI is InChI=1S/C51H34N8O2/c1-31-19-21-53-49(23-31)57-43-9-5-3-7-37(43)39-15-11-33(25-45(39)57)60-35-13-17-41-42-18-14-36(28-48(42)59(47(41)27-35)51-55-29-52-30-56-51)61-34-12-16-40-38-8-4-6-10-44(38)58(46(40)26-34)50-24-32(2)20-22-54-50/h3-30H,1-2H3/i1D3. The van der Waals surface area contributed by atoms with E-state index in [1.807, 2.05) is 100 Å². The van der Waals surface area contributed by atoms with Crippen LogP contribution < -0.4 is 9.47 Å². The summed E-state index contributed by atoms with van der Waals surface area (Å²) in [7, 11) is 0. The molecule has 0 aliphatic carbocycles. The summed E-state index contributed by atoms with van der Waals surface area (Å²) in [6.07, 6.45) is 6.34. The van der Waals surface area contributed by atoms with E-state index in [1.54, 1.807) is 6.07 Å². The number of benzene rings is 6. The van der Waals surface area contributed by atoms with Crippen LogP contribution in [0, 0.1) is 13.8 Å². The van der Waals surface area contributed by atoms with Gasteiger partial charge < -0.3 is 9.47 Å². The highest BCUT2D eigenvalue weighted by Gasteiger charge is 2.19. The molecule has 0 spiro atoms. The largest absolute Gasteiger partial charge is 0.457 e. The van der Waals surface area contributed by atoms with Crippen LogP contribution in [0.3, 0.4) is 0 Å². The molecule has 0 amide bonds. The van der Waals surface area contributed by atoms with Crippen LogP contribution in [0.4, 0.5) is 0 Å². The topological polar surface area (TPSA) is 97.7 Å². The van der Waals surface area contributed by atoms with Gasteiger partial charge in [0.25, 0.3) is 0 Å². The SMILES string of the molecule is [2H]C([2H])([2H])c1ccnc(-n2c3ccccc3c3ccc(Oc4ccc5c6ccc(Oc7ccc8c9ccccc9n(-c9cc(C)ccn9)c8c7)cc6n(-c6ncncn6)c5c4)cc32)c1. The van der Waals surface area contributed by atoms with Gasteiger partial charge in [-0.05, 0) is 110 Å². The second-order valence-electron chi connectivity index (χ2n) is 15.0. The van der Waals surface area contributed by atoms with Gasteiger partial charge in [-0.3, -0.25) is 13.7 Å². The molecule has 0 N–H and O–H groups in total. The molecule has 0 aliphatic rings. The highest BCUT2D eigenvalue weighted by atomic mass is 16.5. The molecule has 0 bridgehead atoms. The van der Waals surface area contributed by atoms with Crippen molar-refractivity contribution in [3.63, 3.8) is 0 Å². The molecule has 0 saturated heterocycles. The molecule has 10 nitrogen and oxygen atoms in total. The summed E-state index contributed by atoms with van der Waals surface area (Å²) in [6.45, 7) is -0.207. The van der Waals surface area contributed by atoms with Crippen LogP contribution in [-0.2, 0) is 0 Å². The number of rotatable bonds is 7. The van der Waals surface area contributed by atoms with Gasteiger partial charge in [0, 0.05) is 73.1 Å². The Balaban J connectivity index is 0.947. The number of ether oxygens (including phenoxy) is 2. The van der Waals surface area contributed by atoms with E-state index >= 15 is 0 Å². The first-order chi connectivity index (χ1) is 31.2. The third-order valence-electron chi connectivity index (χ3n) is 11.3. The van der Waals surface area contributed by atoms with E-state index < -0.39 is 6.85 Å². The summed E-state index contributed by atoms with van der Waals surface area (Å²) in [5.41, 5.74) is 6.80. The molecule has 290 valence electrons. The summed E-state index contributed by atoms with van der Waals surface area (Å²) >= 11 is 0. The first-order valence-electron chi connectivity index (χ1n) is 21.3. The Hall–Kier alpha value is -8.37. The van der Waals surface area contributed by atoms with Crippen LogP contribution in [0.5, 0.6) is 23.0 Å². The Morgan fingerprint density at radius 3 is 1.28 bits per heavy atom. The quantitative estimate of drug-likeness (QED) is 0.158. The van der Waals surface area contributed by atoms with Gasteiger partial charge in [0.15, 0.2) is 0 Å². The Kier molecular flexibility index (Phi) is 7.05. The zero-order valence-corrected chi connectivity index (χ0v) is 32.6. The molecule has 6 aromatic heterocycles. The van der Waals surface area contributed by atoms with E-state index in [1.165, 1.54) is 24.9 Å². The third-order valence-corrected chi connectivity index (χ3v) is 11.3. The number of para-hydroxylation sites is 2. The summed E-state index contributed by atoms with van der Waals surface area (Å²) in [5.74, 6) is 4.30. The Labute approximate surface area is 352 Å². The van der Waals surface area contributed by atoms with Gasteiger partial charge in [-0.15, -0.1) is 0 Å². The predicted octanol–water partition coefficient (Wildman–Crippen LogP) is 12.2. The Morgan fingerprint density at radius 2 is 0.820 bits per heavy atom. The average Bonchev–Trinajstić information content (AvgIpc) is 3.93. The molecule has 0 radical (unpaired) electrons. The minimum absolute atomic E-state index is 0.217. The van der Waals surface area contributed by atoms with Gasteiger partial charge in [-0.2, -0.15) is 0 Å².